The normalized spacial score (nSPS) is 10.8. The van der Waals surface area contributed by atoms with Gasteiger partial charge in [-0.05, 0) is 44.9 Å². The molecule has 0 aromatic carbocycles. The molecule has 0 radical (unpaired) electrons. The Kier molecular flexibility index (Phi) is 4.11. The van der Waals surface area contributed by atoms with Gasteiger partial charge in [-0.1, -0.05) is 5.92 Å². The van der Waals surface area contributed by atoms with Gasteiger partial charge in [0.2, 0.25) is 0 Å². The Morgan fingerprint density at radius 1 is 1.18 bits per heavy atom. The summed E-state index contributed by atoms with van der Waals surface area (Å²) in [4.78, 5) is 0. The van der Waals surface area contributed by atoms with Gasteiger partial charge in [0.1, 0.15) is 0 Å². The van der Waals surface area contributed by atoms with E-state index in [1.807, 2.05) is 33.8 Å². The Hall–Kier alpha value is -1.18. The van der Waals surface area contributed by atoms with E-state index < -0.39 is 0 Å². The standard InChI is InChI=1S/C11H14/c1-6-10(4)11(5)8-7-9(2)3/h1,8H,2-5H3/b11-10-. The van der Waals surface area contributed by atoms with Crippen LogP contribution in [0.5, 0.6) is 0 Å². The maximum Gasteiger partial charge on any atom is 0.00219 e. The van der Waals surface area contributed by atoms with E-state index in [9.17, 15) is 0 Å². The van der Waals surface area contributed by atoms with Gasteiger partial charge >= 0.3 is 0 Å². The molecule has 0 unspecified atom stereocenters. The van der Waals surface area contributed by atoms with Gasteiger partial charge in [-0.15, -0.1) is 12.2 Å². The largest absolute Gasteiger partial charge is 0.122 e. The average Bonchev–Trinajstić information content (AvgIpc) is 1.98. The summed E-state index contributed by atoms with van der Waals surface area (Å²) in [5.74, 6) is 2.59. The third-order valence-electron chi connectivity index (χ3n) is 1.39. The average molecular weight is 146 g/mol. The lowest BCUT2D eigenvalue weighted by Gasteiger charge is -1.90. The summed E-state index contributed by atoms with van der Waals surface area (Å²) in [5, 5.41) is 0. The van der Waals surface area contributed by atoms with Crippen LogP contribution in [0.1, 0.15) is 27.7 Å². The second-order valence-electron chi connectivity index (χ2n) is 2.74. The molecule has 0 aliphatic carbocycles. The first-order valence-electron chi connectivity index (χ1n) is 3.62. The van der Waals surface area contributed by atoms with Gasteiger partial charge in [0.25, 0.3) is 0 Å². The summed E-state index contributed by atoms with van der Waals surface area (Å²) in [6.07, 6.45) is 7.14. The molecule has 0 fully saturated rings. The molecule has 0 nitrogen and oxygen atoms in total. The summed E-state index contributed by atoms with van der Waals surface area (Å²) < 4.78 is 0. The van der Waals surface area contributed by atoms with Crippen LogP contribution in [0.4, 0.5) is 0 Å². The Balaban J connectivity index is 4.71. The van der Waals surface area contributed by atoms with E-state index in [-0.39, 0.29) is 0 Å². The molecule has 0 aromatic heterocycles. The van der Waals surface area contributed by atoms with Gasteiger partial charge in [0.15, 0.2) is 0 Å². The SMILES string of the molecule is C#C/C(C)=C(/C)C=C=C(C)C. The molecule has 0 heteroatoms. The Bertz CT molecular complexity index is 259. The van der Waals surface area contributed by atoms with Crippen molar-refractivity contribution in [2.45, 2.75) is 27.7 Å². The van der Waals surface area contributed by atoms with Crippen molar-refractivity contribution in [2.24, 2.45) is 0 Å². The van der Waals surface area contributed by atoms with Crippen molar-refractivity contribution in [3.63, 3.8) is 0 Å². The van der Waals surface area contributed by atoms with Gasteiger partial charge in [0.05, 0.1) is 0 Å². The predicted octanol–water partition coefficient (Wildman–Crippen LogP) is 3.08. The molecule has 0 saturated heterocycles. The quantitative estimate of drug-likeness (QED) is 0.303. The molecule has 0 aromatic rings. The number of allylic oxidation sites excluding steroid dienone is 3. The van der Waals surface area contributed by atoms with Crippen molar-refractivity contribution in [1.29, 1.82) is 0 Å². The topological polar surface area (TPSA) is 0 Å². The highest BCUT2D eigenvalue weighted by Gasteiger charge is 1.85. The molecule has 0 saturated carbocycles. The first kappa shape index (κ1) is 9.82. The second-order valence-corrected chi connectivity index (χ2v) is 2.74. The summed E-state index contributed by atoms with van der Waals surface area (Å²) in [6, 6.07) is 0. The van der Waals surface area contributed by atoms with E-state index in [2.05, 4.69) is 11.7 Å². The van der Waals surface area contributed by atoms with Crippen molar-refractivity contribution in [3.8, 4) is 12.3 Å². The minimum absolute atomic E-state index is 0.971. The molecule has 0 heterocycles. The van der Waals surface area contributed by atoms with Crippen molar-refractivity contribution >= 4 is 0 Å². The third-order valence-corrected chi connectivity index (χ3v) is 1.39. The minimum atomic E-state index is 0.971. The minimum Gasteiger partial charge on any atom is -0.122 e. The van der Waals surface area contributed by atoms with Crippen molar-refractivity contribution in [2.75, 3.05) is 0 Å². The Morgan fingerprint density at radius 3 is 2.09 bits per heavy atom. The monoisotopic (exact) mass is 146 g/mol. The van der Waals surface area contributed by atoms with Crippen LogP contribution in [0.3, 0.4) is 0 Å². The molecule has 58 valence electrons. The summed E-state index contributed by atoms with van der Waals surface area (Å²) in [5.41, 5.74) is 6.34. The zero-order valence-electron chi connectivity index (χ0n) is 7.65. The Labute approximate surface area is 69.3 Å². The van der Waals surface area contributed by atoms with Crippen LogP contribution in [-0.4, -0.2) is 0 Å². The molecule has 0 aliphatic heterocycles. The smallest absolute Gasteiger partial charge is 0.00219 e. The van der Waals surface area contributed by atoms with Crippen LogP contribution >= 0.6 is 0 Å². The lowest BCUT2D eigenvalue weighted by Crippen LogP contribution is -1.74. The highest BCUT2D eigenvalue weighted by atomic mass is 13.9. The highest BCUT2D eigenvalue weighted by Crippen LogP contribution is 2.02. The molecule has 0 atom stereocenters. The van der Waals surface area contributed by atoms with Crippen molar-refractivity contribution < 1.29 is 0 Å². The lowest BCUT2D eigenvalue weighted by molar-refractivity contribution is 1.37. The van der Waals surface area contributed by atoms with Crippen molar-refractivity contribution in [1.82, 2.24) is 0 Å². The van der Waals surface area contributed by atoms with Crippen molar-refractivity contribution in [3.05, 3.63) is 28.5 Å². The first-order chi connectivity index (χ1) is 5.07. The number of rotatable bonds is 1. The fourth-order valence-electron chi connectivity index (χ4n) is 0.475. The van der Waals surface area contributed by atoms with E-state index in [0.717, 1.165) is 16.7 Å². The van der Waals surface area contributed by atoms with Gasteiger partial charge < -0.3 is 0 Å². The predicted molar refractivity (Wildman–Crippen MR) is 50.2 cm³/mol. The zero-order valence-corrected chi connectivity index (χ0v) is 7.65. The van der Waals surface area contributed by atoms with E-state index in [4.69, 9.17) is 6.42 Å². The van der Waals surface area contributed by atoms with Gasteiger partial charge in [-0.2, -0.15) is 0 Å². The summed E-state index contributed by atoms with van der Waals surface area (Å²) >= 11 is 0. The number of hydrogen-bond donors (Lipinski definition) is 0. The lowest BCUT2D eigenvalue weighted by atomic mass is 10.1. The van der Waals surface area contributed by atoms with Gasteiger partial charge in [-0.3, -0.25) is 0 Å². The zero-order chi connectivity index (χ0) is 8.85. The van der Waals surface area contributed by atoms with E-state index in [0.29, 0.717) is 0 Å². The maximum atomic E-state index is 5.22. The molecule has 0 spiro atoms. The molecular formula is C11H14. The van der Waals surface area contributed by atoms with E-state index in [1.165, 1.54) is 0 Å². The fourth-order valence-corrected chi connectivity index (χ4v) is 0.475. The molecule has 0 bridgehead atoms. The molecule has 0 aliphatic rings. The molecule has 11 heavy (non-hydrogen) atoms. The van der Waals surface area contributed by atoms with Crippen LogP contribution < -0.4 is 0 Å². The van der Waals surface area contributed by atoms with E-state index >= 15 is 0 Å². The van der Waals surface area contributed by atoms with Gasteiger partial charge in [0, 0.05) is 5.57 Å². The molecular weight excluding hydrogens is 132 g/mol. The van der Waals surface area contributed by atoms with Crippen LogP contribution in [0, 0.1) is 12.3 Å². The number of terminal acetylenes is 1. The first-order valence-corrected chi connectivity index (χ1v) is 3.62. The summed E-state index contributed by atoms with van der Waals surface area (Å²) in [6.45, 7) is 7.94. The van der Waals surface area contributed by atoms with Crippen LogP contribution in [0.2, 0.25) is 0 Å². The Morgan fingerprint density at radius 2 is 1.73 bits per heavy atom. The second kappa shape index (κ2) is 4.61. The van der Waals surface area contributed by atoms with Gasteiger partial charge in [-0.25, -0.2) is 0 Å². The molecule has 0 N–H and O–H groups in total. The summed E-state index contributed by atoms with van der Waals surface area (Å²) in [7, 11) is 0. The van der Waals surface area contributed by atoms with Crippen LogP contribution in [0.25, 0.3) is 0 Å². The van der Waals surface area contributed by atoms with E-state index in [1.54, 1.807) is 0 Å². The third kappa shape index (κ3) is 4.25. The van der Waals surface area contributed by atoms with Crippen LogP contribution in [0.15, 0.2) is 28.5 Å². The van der Waals surface area contributed by atoms with Crippen LogP contribution in [-0.2, 0) is 0 Å². The fraction of sp³-hybridized carbons (Fsp3) is 0.364. The molecule has 0 rings (SSSR count). The highest BCUT2D eigenvalue weighted by molar-refractivity contribution is 5.34. The molecule has 0 amide bonds. The number of hydrogen-bond acceptors (Lipinski definition) is 0. The maximum absolute atomic E-state index is 5.22.